The molecule has 2 aromatic carbocycles. The second-order valence-corrected chi connectivity index (χ2v) is 6.74. The number of aromatic nitrogens is 1. The Morgan fingerprint density at radius 1 is 0.833 bits per heavy atom. The number of nitriles is 1. The number of hydrogen-bond acceptors (Lipinski definition) is 4. The van der Waals surface area contributed by atoms with E-state index in [0.29, 0.717) is 11.3 Å². The van der Waals surface area contributed by atoms with E-state index in [1.54, 1.807) is 24.5 Å². The second kappa shape index (κ2) is 6.52. The highest BCUT2D eigenvalue weighted by molar-refractivity contribution is 7.92. The van der Waals surface area contributed by atoms with Crippen molar-refractivity contribution in [2.45, 2.75) is 4.90 Å². The lowest BCUT2D eigenvalue weighted by atomic mass is 10.1. The molecule has 0 atom stereocenters. The fourth-order valence-corrected chi connectivity index (χ4v) is 3.26. The predicted octanol–water partition coefficient (Wildman–Crippen LogP) is 3.42. The van der Waals surface area contributed by atoms with Crippen molar-refractivity contribution in [1.29, 1.82) is 5.26 Å². The van der Waals surface area contributed by atoms with Crippen molar-refractivity contribution in [2.24, 2.45) is 0 Å². The van der Waals surface area contributed by atoms with Gasteiger partial charge in [0.1, 0.15) is 0 Å². The third kappa shape index (κ3) is 3.42. The Balaban J connectivity index is 1.81. The van der Waals surface area contributed by atoms with Crippen molar-refractivity contribution in [3.8, 4) is 17.2 Å². The van der Waals surface area contributed by atoms with Crippen LogP contribution in [0.15, 0.2) is 78.0 Å². The summed E-state index contributed by atoms with van der Waals surface area (Å²) in [4.78, 5) is 4.08. The molecule has 0 radical (unpaired) electrons. The highest BCUT2D eigenvalue weighted by Gasteiger charge is 2.14. The molecule has 0 spiro atoms. The first-order valence-corrected chi connectivity index (χ1v) is 8.60. The summed E-state index contributed by atoms with van der Waals surface area (Å²) in [5, 5.41) is 8.77. The maximum atomic E-state index is 12.4. The number of nitrogens with one attached hydrogen (secondary N) is 1. The van der Waals surface area contributed by atoms with E-state index >= 15 is 0 Å². The summed E-state index contributed by atoms with van der Waals surface area (Å²) >= 11 is 0. The quantitative estimate of drug-likeness (QED) is 0.792. The molecule has 24 heavy (non-hydrogen) atoms. The van der Waals surface area contributed by atoms with E-state index in [4.69, 9.17) is 5.26 Å². The van der Waals surface area contributed by atoms with Crippen LogP contribution >= 0.6 is 0 Å². The van der Waals surface area contributed by atoms with E-state index < -0.39 is 10.0 Å². The van der Waals surface area contributed by atoms with E-state index in [0.717, 1.165) is 11.1 Å². The maximum Gasteiger partial charge on any atom is 0.261 e. The van der Waals surface area contributed by atoms with Gasteiger partial charge in [0, 0.05) is 18.1 Å². The standard InChI is InChI=1S/C18H13N3O2S/c19-13-14-1-7-18(8-2-14)24(22,23)21-17-5-3-15(4-6-17)16-9-11-20-12-10-16/h1-12,21H. The van der Waals surface area contributed by atoms with Crippen LogP contribution in [0.4, 0.5) is 5.69 Å². The van der Waals surface area contributed by atoms with E-state index in [-0.39, 0.29) is 4.90 Å². The van der Waals surface area contributed by atoms with Gasteiger partial charge < -0.3 is 0 Å². The average Bonchev–Trinajstić information content (AvgIpc) is 2.63. The molecule has 0 saturated carbocycles. The highest BCUT2D eigenvalue weighted by atomic mass is 32.2. The molecule has 118 valence electrons. The van der Waals surface area contributed by atoms with Gasteiger partial charge in [-0.15, -0.1) is 0 Å². The van der Waals surface area contributed by atoms with Crippen LogP contribution in [0.25, 0.3) is 11.1 Å². The number of nitrogens with zero attached hydrogens (tertiary/aromatic N) is 2. The zero-order chi connectivity index (χ0) is 17.0. The summed E-state index contributed by atoms with van der Waals surface area (Å²) in [6.07, 6.45) is 3.41. The molecule has 3 aromatic rings. The molecule has 1 heterocycles. The lowest BCUT2D eigenvalue weighted by Gasteiger charge is -2.09. The number of pyridine rings is 1. The van der Waals surface area contributed by atoms with Crippen molar-refractivity contribution in [3.05, 3.63) is 78.6 Å². The Kier molecular flexibility index (Phi) is 4.27. The number of rotatable bonds is 4. The van der Waals surface area contributed by atoms with Gasteiger partial charge in [-0.25, -0.2) is 8.42 Å². The third-order valence-corrected chi connectivity index (χ3v) is 4.84. The van der Waals surface area contributed by atoms with Crippen molar-refractivity contribution in [2.75, 3.05) is 4.72 Å². The summed E-state index contributed by atoms with van der Waals surface area (Å²) in [6, 6.07) is 18.6. The van der Waals surface area contributed by atoms with Crippen LogP contribution in [0.2, 0.25) is 0 Å². The first-order chi connectivity index (χ1) is 11.6. The molecule has 1 N–H and O–H groups in total. The second-order valence-electron chi connectivity index (χ2n) is 5.05. The molecular weight excluding hydrogens is 322 g/mol. The van der Waals surface area contributed by atoms with Gasteiger partial charge in [-0.3, -0.25) is 9.71 Å². The Bertz CT molecular complexity index is 975. The van der Waals surface area contributed by atoms with Crippen molar-refractivity contribution >= 4 is 15.7 Å². The van der Waals surface area contributed by atoms with Gasteiger partial charge in [-0.2, -0.15) is 5.26 Å². The van der Waals surface area contributed by atoms with E-state index in [1.807, 2.05) is 30.3 Å². The van der Waals surface area contributed by atoms with Gasteiger partial charge in [-0.1, -0.05) is 12.1 Å². The molecule has 0 aliphatic rings. The number of sulfonamides is 1. The Morgan fingerprint density at radius 2 is 1.42 bits per heavy atom. The van der Waals surface area contributed by atoms with Crippen LogP contribution in [0.3, 0.4) is 0 Å². The normalized spacial score (nSPS) is 10.8. The highest BCUT2D eigenvalue weighted by Crippen LogP contribution is 2.22. The Labute approximate surface area is 140 Å². The molecule has 6 heteroatoms. The van der Waals surface area contributed by atoms with Crippen LogP contribution in [0, 0.1) is 11.3 Å². The molecule has 0 aliphatic carbocycles. The van der Waals surface area contributed by atoms with E-state index in [2.05, 4.69) is 9.71 Å². The van der Waals surface area contributed by atoms with Gasteiger partial charge in [-0.05, 0) is 59.7 Å². The van der Waals surface area contributed by atoms with Crippen molar-refractivity contribution in [3.63, 3.8) is 0 Å². The molecule has 3 rings (SSSR count). The average molecular weight is 335 g/mol. The molecule has 0 fully saturated rings. The largest absolute Gasteiger partial charge is 0.280 e. The summed E-state index contributed by atoms with van der Waals surface area (Å²) in [5.41, 5.74) is 2.86. The molecule has 0 unspecified atom stereocenters. The van der Waals surface area contributed by atoms with Gasteiger partial charge in [0.2, 0.25) is 0 Å². The summed E-state index contributed by atoms with van der Waals surface area (Å²) in [6.45, 7) is 0. The van der Waals surface area contributed by atoms with Crippen LogP contribution in [0.5, 0.6) is 0 Å². The number of hydrogen-bond donors (Lipinski definition) is 1. The van der Waals surface area contributed by atoms with E-state index in [9.17, 15) is 8.42 Å². The monoisotopic (exact) mass is 335 g/mol. The first-order valence-electron chi connectivity index (χ1n) is 7.12. The topological polar surface area (TPSA) is 82.8 Å². The summed E-state index contributed by atoms with van der Waals surface area (Å²) < 4.78 is 27.2. The molecule has 0 saturated heterocycles. The fourth-order valence-electron chi connectivity index (χ4n) is 2.20. The van der Waals surface area contributed by atoms with Crippen LogP contribution in [0.1, 0.15) is 5.56 Å². The third-order valence-electron chi connectivity index (χ3n) is 3.44. The SMILES string of the molecule is N#Cc1ccc(S(=O)(=O)Nc2ccc(-c3ccncc3)cc2)cc1. The van der Waals surface area contributed by atoms with Crippen LogP contribution < -0.4 is 4.72 Å². The van der Waals surface area contributed by atoms with Crippen LogP contribution in [-0.4, -0.2) is 13.4 Å². The van der Waals surface area contributed by atoms with Crippen molar-refractivity contribution in [1.82, 2.24) is 4.98 Å². The van der Waals surface area contributed by atoms with Gasteiger partial charge in [0.15, 0.2) is 0 Å². The van der Waals surface area contributed by atoms with Crippen molar-refractivity contribution < 1.29 is 8.42 Å². The minimum atomic E-state index is -3.69. The smallest absolute Gasteiger partial charge is 0.261 e. The van der Waals surface area contributed by atoms with Gasteiger partial charge >= 0.3 is 0 Å². The molecule has 0 aliphatic heterocycles. The first kappa shape index (κ1) is 15.7. The van der Waals surface area contributed by atoms with Gasteiger partial charge in [0.25, 0.3) is 10.0 Å². The summed E-state index contributed by atoms with van der Waals surface area (Å²) in [7, 11) is -3.69. The molecule has 0 bridgehead atoms. The minimum Gasteiger partial charge on any atom is -0.280 e. The van der Waals surface area contributed by atoms with Gasteiger partial charge in [0.05, 0.1) is 16.5 Å². The molecule has 0 amide bonds. The molecule has 5 nitrogen and oxygen atoms in total. The summed E-state index contributed by atoms with van der Waals surface area (Å²) in [5.74, 6) is 0. The molecular formula is C18H13N3O2S. The van der Waals surface area contributed by atoms with Crippen LogP contribution in [-0.2, 0) is 10.0 Å². The Hall–Kier alpha value is -3.17. The number of benzene rings is 2. The lowest BCUT2D eigenvalue weighted by Crippen LogP contribution is -2.12. The fraction of sp³-hybridized carbons (Fsp3) is 0. The zero-order valence-electron chi connectivity index (χ0n) is 12.5. The maximum absolute atomic E-state index is 12.4. The Morgan fingerprint density at radius 3 is 2.00 bits per heavy atom. The zero-order valence-corrected chi connectivity index (χ0v) is 13.4. The predicted molar refractivity (Wildman–Crippen MR) is 91.6 cm³/mol. The lowest BCUT2D eigenvalue weighted by molar-refractivity contribution is 0.601. The molecule has 1 aromatic heterocycles. The minimum absolute atomic E-state index is 0.111. The number of anilines is 1. The van der Waals surface area contributed by atoms with E-state index in [1.165, 1.54) is 24.3 Å².